The molecule has 0 bridgehead atoms. The van der Waals surface area contributed by atoms with Gasteiger partial charge in [-0.15, -0.1) is 0 Å². The monoisotopic (exact) mass is 397 g/mol. The zero-order valence-electron chi connectivity index (χ0n) is 18.1. The van der Waals surface area contributed by atoms with Crippen molar-refractivity contribution >= 4 is 22.4 Å². The van der Waals surface area contributed by atoms with Gasteiger partial charge in [-0.1, -0.05) is 63.8 Å². The molecule has 1 fully saturated rings. The molecule has 1 aliphatic carbocycles. The molecule has 0 aliphatic heterocycles. The second kappa shape index (κ2) is 10.1. The molecule has 1 atom stereocenters. The maximum absolute atomic E-state index is 13.4. The number of ether oxygens (including phenoxy) is 2. The molecule has 0 aromatic heterocycles. The number of carbonyl (C=O) groups is 1. The zero-order valence-corrected chi connectivity index (χ0v) is 18.1. The van der Waals surface area contributed by atoms with Crippen molar-refractivity contribution in [3.05, 3.63) is 36.4 Å². The first-order chi connectivity index (χ1) is 14.1. The van der Waals surface area contributed by atoms with E-state index in [0.29, 0.717) is 6.61 Å². The lowest BCUT2D eigenvalue weighted by atomic mass is 9.92. The fourth-order valence-electron chi connectivity index (χ4n) is 4.05. The number of amides is 1. The number of carbonyl (C=O) groups excluding carboxylic acids is 1. The maximum Gasteiger partial charge on any atom is 0.256 e. The third-order valence-electron chi connectivity index (χ3n) is 5.94. The highest BCUT2D eigenvalue weighted by Crippen LogP contribution is 2.35. The second-order valence-electron chi connectivity index (χ2n) is 8.20. The van der Waals surface area contributed by atoms with Gasteiger partial charge in [0.15, 0.2) is 0 Å². The number of nitrogens with one attached hydrogen (secondary N) is 1. The van der Waals surface area contributed by atoms with Gasteiger partial charge in [-0.25, -0.2) is 0 Å². The summed E-state index contributed by atoms with van der Waals surface area (Å²) in [6, 6.07) is 12.0. The molecule has 0 saturated heterocycles. The number of hydrogen-bond donors (Lipinski definition) is 1. The molecule has 0 heterocycles. The molecule has 1 amide bonds. The Bertz CT molecular complexity index is 809. The Morgan fingerprint density at radius 1 is 1.03 bits per heavy atom. The molecular formula is C25H35NO3. The van der Waals surface area contributed by atoms with Crippen LogP contribution >= 0.6 is 0 Å². The summed E-state index contributed by atoms with van der Waals surface area (Å²) in [6.07, 6.45) is 8.04. The average Bonchev–Trinajstić information content (AvgIpc) is 3.00. The van der Waals surface area contributed by atoms with E-state index in [2.05, 4.69) is 32.2 Å². The minimum Gasteiger partial charge on any atom is -0.490 e. The van der Waals surface area contributed by atoms with Crippen LogP contribution in [-0.2, 0) is 9.53 Å². The highest BCUT2D eigenvalue weighted by Gasteiger charge is 2.39. The van der Waals surface area contributed by atoms with Crippen LogP contribution in [0.1, 0.15) is 72.1 Å². The summed E-state index contributed by atoms with van der Waals surface area (Å²) in [5, 5.41) is 5.23. The highest BCUT2D eigenvalue weighted by atomic mass is 16.5. The van der Waals surface area contributed by atoms with E-state index in [4.69, 9.17) is 9.47 Å². The molecule has 29 heavy (non-hydrogen) atoms. The summed E-state index contributed by atoms with van der Waals surface area (Å²) in [4.78, 5) is 13.4. The van der Waals surface area contributed by atoms with Crippen molar-refractivity contribution in [1.29, 1.82) is 0 Å². The van der Waals surface area contributed by atoms with Gasteiger partial charge in [0, 0.05) is 23.1 Å². The van der Waals surface area contributed by atoms with Crippen molar-refractivity contribution in [1.82, 2.24) is 0 Å². The van der Waals surface area contributed by atoms with E-state index in [-0.39, 0.29) is 12.0 Å². The Balaban J connectivity index is 1.90. The van der Waals surface area contributed by atoms with Gasteiger partial charge in [-0.3, -0.25) is 4.79 Å². The number of hydrogen-bond acceptors (Lipinski definition) is 3. The lowest BCUT2D eigenvalue weighted by Crippen LogP contribution is -2.45. The Hall–Kier alpha value is -2.07. The zero-order chi connectivity index (χ0) is 20.7. The van der Waals surface area contributed by atoms with E-state index in [1.165, 1.54) is 12.8 Å². The predicted molar refractivity (Wildman–Crippen MR) is 120 cm³/mol. The highest BCUT2D eigenvalue weighted by molar-refractivity contribution is 6.06. The predicted octanol–water partition coefficient (Wildman–Crippen LogP) is 6.48. The molecule has 1 saturated carbocycles. The molecular weight excluding hydrogens is 362 g/mol. The molecule has 1 N–H and O–H groups in total. The number of anilines is 1. The smallest absolute Gasteiger partial charge is 0.256 e. The molecule has 2 aromatic carbocycles. The summed E-state index contributed by atoms with van der Waals surface area (Å²) in [5.41, 5.74) is 0.116. The SMILES string of the molecule is CCCOC1(C(=O)Nc2ccc(O[C@H](C)CC)c3ccccc23)CCCCCC1. The number of fused-ring (bicyclic) bond motifs is 1. The Labute approximate surface area is 175 Å². The lowest BCUT2D eigenvalue weighted by molar-refractivity contribution is -0.143. The molecule has 3 rings (SSSR count). The largest absolute Gasteiger partial charge is 0.490 e. The summed E-state index contributed by atoms with van der Waals surface area (Å²) in [7, 11) is 0. The van der Waals surface area contributed by atoms with Gasteiger partial charge in [0.05, 0.1) is 6.10 Å². The molecule has 2 aromatic rings. The summed E-state index contributed by atoms with van der Waals surface area (Å²) < 4.78 is 12.3. The topological polar surface area (TPSA) is 47.6 Å². The van der Waals surface area contributed by atoms with Crippen LogP contribution in [-0.4, -0.2) is 24.2 Å². The van der Waals surface area contributed by atoms with Gasteiger partial charge < -0.3 is 14.8 Å². The Kier molecular flexibility index (Phi) is 7.54. The minimum absolute atomic E-state index is 0.00593. The van der Waals surface area contributed by atoms with Crippen molar-refractivity contribution in [2.75, 3.05) is 11.9 Å². The third-order valence-corrected chi connectivity index (χ3v) is 5.94. The standard InChI is InChI=1S/C25H35NO3/c1-4-18-28-25(16-10-6-7-11-17-25)24(27)26-22-14-15-23(29-19(3)5-2)21-13-9-8-12-20(21)22/h8-9,12-15,19H,4-7,10-11,16-18H2,1-3H3,(H,26,27)/t19-/m1/s1. The minimum atomic E-state index is -0.709. The molecule has 4 nitrogen and oxygen atoms in total. The van der Waals surface area contributed by atoms with Gasteiger partial charge >= 0.3 is 0 Å². The third kappa shape index (κ3) is 5.11. The normalized spacial score (nSPS) is 17.5. The van der Waals surface area contributed by atoms with Crippen molar-refractivity contribution in [2.24, 2.45) is 0 Å². The van der Waals surface area contributed by atoms with Crippen LogP contribution in [0.25, 0.3) is 10.8 Å². The first-order valence-electron chi connectivity index (χ1n) is 11.2. The molecule has 0 unspecified atom stereocenters. The summed E-state index contributed by atoms with van der Waals surface area (Å²) >= 11 is 0. The van der Waals surface area contributed by atoms with Gasteiger partial charge in [0.25, 0.3) is 5.91 Å². The molecule has 4 heteroatoms. The van der Waals surface area contributed by atoms with Crippen LogP contribution < -0.4 is 10.1 Å². The molecule has 158 valence electrons. The Morgan fingerprint density at radius 2 is 1.72 bits per heavy atom. The van der Waals surface area contributed by atoms with Crippen molar-refractivity contribution < 1.29 is 14.3 Å². The van der Waals surface area contributed by atoms with Crippen LogP contribution in [0.2, 0.25) is 0 Å². The van der Waals surface area contributed by atoms with Crippen LogP contribution in [0.5, 0.6) is 5.75 Å². The summed E-state index contributed by atoms with van der Waals surface area (Å²) in [6.45, 7) is 6.90. The van der Waals surface area contributed by atoms with Gasteiger partial charge in [-0.05, 0) is 44.7 Å². The van der Waals surface area contributed by atoms with E-state index in [9.17, 15) is 4.79 Å². The fraction of sp³-hybridized carbons (Fsp3) is 0.560. The maximum atomic E-state index is 13.4. The quantitative estimate of drug-likeness (QED) is 0.519. The second-order valence-corrected chi connectivity index (χ2v) is 8.20. The van der Waals surface area contributed by atoms with Crippen molar-refractivity contribution in [2.45, 2.75) is 83.8 Å². The van der Waals surface area contributed by atoms with Crippen LogP contribution in [0.4, 0.5) is 5.69 Å². The number of rotatable bonds is 8. The Morgan fingerprint density at radius 3 is 2.38 bits per heavy atom. The molecule has 0 spiro atoms. The van der Waals surface area contributed by atoms with E-state index in [1.807, 2.05) is 30.3 Å². The molecule has 0 radical (unpaired) electrons. The number of benzene rings is 2. The fourth-order valence-corrected chi connectivity index (χ4v) is 4.05. The van der Waals surface area contributed by atoms with Gasteiger partial charge in [0.1, 0.15) is 11.4 Å². The van der Waals surface area contributed by atoms with E-state index >= 15 is 0 Å². The van der Waals surface area contributed by atoms with Crippen LogP contribution in [0, 0.1) is 0 Å². The summed E-state index contributed by atoms with van der Waals surface area (Å²) in [5.74, 6) is 0.855. The van der Waals surface area contributed by atoms with Gasteiger partial charge in [0.2, 0.25) is 0 Å². The van der Waals surface area contributed by atoms with E-state index in [0.717, 1.165) is 60.7 Å². The molecule has 1 aliphatic rings. The lowest BCUT2D eigenvalue weighted by Gasteiger charge is -2.32. The van der Waals surface area contributed by atoms with Crippen molar-refractivity contribution in [3.63, 3.8) is 0 Å². The van der Waals surface area contributed by atoms with Gasteiger partial charge in [-0.2, -0.15) is 0 Å². The van der Waals surface area contributed by atoms with E-state index < -0.39 is 5.60 Å². The van der Waals surface area contributed by atoms with E-state index in [1.54, 1.807) is 0 Å². The van der Waals surface area contributed by atoms with Crippen LogP contribution in [0.3, 0.4) is 0 Å². The van der Waals surface area contributed by atoms with Crippen molar-refractivity contribution in [3.8, 4) is 5.75 Å². The van der Waals surface area contributed by atoms with Crippen LogP contribution in [0.15, 0.2) is 36.4 Å². The first-order valence-corrected chi connectivity index (χ1v) is 11.2. The average molecular weight is 398 g/mol. The first kappa shape index (κ1) is 21.6.